The van der Waals surface area contributed by atoms with Crippen LogP contribution < -0.4 is 5.14 Å². The molecule has 1 aliphatic heterocycles. The highest BCUT2D eigenvalue weighted by Crippen LogP contribution is 2.38. The van der Waals surface area contributed by atoms with Crippen molar-refractivity contribution >= 4 is 15.9 Å². The Bertz CT molecular complexity index is 717. The highest BCUT2D eigenvalue weighted by molar-refractivity contribution is 7.89. The van der Waals surface area contributed by atoms with Crippen LogP contribution in [-0.2, 0) is 10.0 Å². The van der Waals surface area contributed by atoms with Crippen molar-refractivity contribution in [2.45, 2.75) is 37.1 Å². The van der Waals surface area contributed by atoms with E-state index >= 15 is 0 Å². The summed E-state index contributed by atoms with van der Waals surface area (Å²) in [6, 6.07) is 2.27. The van der Waals surface area contributed by atoms with Gasteiger partial charge in [0.05, 0.1) is 10.5 Å². The van der Waals surface area contributed by atoms with Crippen LogP contribution in [0.15, 0.2) is 17.0 Å². The molecule has 2 N–H and O–H groups in total. The van der Waals surface area contributed by atoms with Crippen LogP contribution in [-0.4, -0.2) is 31.8 Å². The smallest absolute Gasteiger partial charge is 0.257 e. The molecule has 1 amide bonds. The van der Waals surface area contributed by atoms with Gasteiger partial charge in [-0.05, 0) is 49.8 Å². The summed E-state index contributed by atoms with van der Waals surface area (Å²) in [5.74, 6) is -0.651. The maximum absolute atomic E-state index is 14.1. The largest absolute Gasteiger partial charge is 0.335 e. The fourth-order valence-electron chi connectivity index (χ4n) is 3.45. The van der Waals surface area contributed by atoms with Gasteiger partial charge in [-0.25, -0.2) is 17.9 Å². The lowest BCUT2D eigenvalue weighted by molar-refractivity contribution is 0.0698. The van der Waals surface area contributed by atoms with E-state index in [9.17, 15) is 17.6 Å². The number of piperidine rings is 1. The molecule has 1 aromatic carbocycles. The number of hydrogen-bond donors (Lipinski definition) is 1. The van der Waals surface area contributed by atoms with E-state index in [-0.39, 0.29) is 22.1 Å². The molecule has 2 unspecified atom stereocenters. The Morgan fingerprint density at radius 2 is 2.10 bits per heavy atom. The first-order valence-electron chi connectivity index (χ1n) is 6.91. The van der Waals surface area contributed by atoms with Crippen LogP contribution >= 0.6 is 0 Å². The number of hydrogen-bond acceptors (Lipinski definition) is 3. The fraction of sp³-hybridized carbons (Fsp3) is 0.500. The summed E-state index contributed by atoms with van der Waals surface area (Å²) in [5, 5.41) is 5.12. The van der Waals surface area contributed by atoms with Crippen LogP contribution in [0.25, 0.3) is 0 Å². The van der Waals surface area contributed by atoms with Crippen molar-refractivity contribution in [3.05, 3.63) is 29.1 Å². The summed E-state index contributed by atoms with van der Waals surface area (Å²) >= 11 is 0. The molecule has 7 heteroatoms. The van der Waals surface area contributed by atoms with Gasteiger partial charge < -0.3 is 4.90 Å². The second-order valence-corrected chi connectivity index (χ2v) is 7.46. The third-order valence-electron chi connectivity index (χ3n) is 4.47. The van der Waals surface area contributed by atoms with Crippen molar-refractivity contribution in [2.75, 3.05) is 6.54 Å². The molecule has 1 aromatic rings. The molecular weight excluding hydrogens is 295 g/mol. The first-order valence-corrected chi connectivity index (χ1v) is 8.46. The van der Waals surface area contributed by atoms with E-state index in [4.69, 9.17) is 5.14 Å². The van der Waals surface area contributed by atoms with Gasteiger partial charge in [0.15, 0.2) is 0 Å². The van der Waals surface area contributed by atoms with Gasteiger partial charge in [-0.3, -0.25) is 4.79 Å². The highest BCUT2D eigenvalue weighted by Gasteiger charge is 2.41. The van der Waals surface area contributed by atoms with Crippen LogP contribution in [0.5, 0.6) is 0 Å². The molecule has 5 nitrogen and oxygen atoms in total. The number of nitrogens with zero attached hydrogens (tertiary/aromatic N) is 1. The van der Waals surface area contributed by atoms with Crippen LogP contribution in [0, 0.1) is 18.7 Å². The predicted octanol–water partition coefficient (Wildman–Crippen LogP) is 1.41. The lowest BCUT2D eigenvalue weighted by Crippen LogP contribution is -2.38. The van der Waals surface area contributed by atoms with Gasteiger partial charge >= 0.3 is 0 Å². The molecule has 3 rings (SSSR count). The Morgan fingerprint density at radius 1 is 1.38 bits per heavy atom. The topological polar surface area (TPSA) is 80.5 Å². The fourth-order valence-corrected chi connectivity index (χ4v) is 4.24. The monoisotopic (exact) mass is 312 g/mol. The zero-order chi connectivity index (χ0) is 15.4. The quantitative estimate of drug-likeness (QED) is 0.896. The van der Waals surface area contributed by atoms with E-state index in [1.807, 2.05) is 0 Å². The van der Waals surface area contributed by atoms with Gasteiger partial charge in [0.2, 0.25) is 10.0 Å². The summed E-state index contributed by atoms with van der Waals surface area (Å²) in [6.07, 6.45) is 3.00. The molecule has 21 heavy (non-hydrogen) atoms. The molecule has 1 saturated carbocycles. The van der Waals surface area contributed by atoms with Crippen LogP contribution in [0.1, 0.15) is 35.2 Å². The van der Waals surface area contributed by atoms with Gasteiger partial charge in [0.1, 0.15) is 5.82 Å². The Balaban J connectivity index is 2.00. The maximum atomic E-state index is 14.1. The molecule has 2 aliphatic rings. The Morgan fingerprint density at radius 3 is 2.62 bits per heavy atom. The lowest BCUT2D eigenvalue weighted by atomic mass is 10.1. The molecule has 0 aromatic heterocycles. The molecular formula is C14H17FN2O3S. The first kappa shape index (κ1) is 14.5. The normalized spacial score (nSPS) is 24.6. The van der Waals surface area contributed by atoms with Gasteiger partial charge in [-0.1, -0.05) is 0 Å². The van der Waals surface area contributed by atoms with Gasteiger partial charge in [-0.2, -0.15) is 0 Å². The van der Waals surface area contributed by atoms with Gasteiger partial charge in [0, 0.05) is 12.6 Å². The number of carbonyl (C=O) groups is 1. The first-order chi connectivity index (χ1) is 9.77. The second-order valence-electron chi connectivity index (χ2n) is 5.93. The van der Waals surface area contributed by atoms with Crippen molar-refractivity contribution in [2.24, 2.45) is 11.1 Å². The third kappa shape index (κ3) is 2.44. The number of carbonyl (C=O) groups excluding carboxylic acids is 1. The number of sulfonamides is 1. The molecule has 1 aliphatic carbocycles. The second kappa shape index (κ2) is 4.78. The number of amides is 1. The number of rotatable bonds is 2. The predicted molar refractivity (Wildman–Crippen MR) is 74.7 cm³/mol. The maximum Gasteiger partial charge on any atom is 0.257 e. The number of nitrogens with two attached hydrogens (primary N) is 1. The van der Waals surface area contributed by atoms with E-state index in [2.05, 4.69) is 0 Å². The zero-order valence-corrected chi connectivity index (χ0v) is 12.5. The summed E-state index contributed by atoms with van der Waals surface area (Å²) in [7, 11) is -3.98. The van der Waals surface area contributed by atoms with Crippen molar-refractivity contribution < 1.29 is 17.6 Å². The molecule has 2 atom stereocenters. The van der Waals surface area contributed by atoms with Crippen molar-refractivity contribution in [1.29, 1.82) is 0 Å². The average molecular weight is 312 g/mol. The Labute approximate surface area is 123 Å². The minimum absolute atomic E-state index is 0.154. The molecule has 2 bridgehead atoms. The minimum Gasteiger partial charge on any atom is -0.335 e. The number of halogens is 1. The Hall–Kier alpha value is -1.47. The average Bonchev–Trinajstić information content (AvgIpc) is 2.98. The molecule has 2 fully saturated rings. The van der Waals surface area contributed by atoms with E-state index < -0.39 is 21.7 Å². The van der Waals surface area contributed by atoms with Crippen LogP contribution in [0.3, 0.4) is 0 Å². The zero-order valence-electron chi connectivity index (χ0n) is 11.7. The molecule has 0 spiro atoms. The molecule has 114 valence electrons. The lowest BCUT2D eigenvalue weighted by Gasteiger charge is -2.27. The molecule has 0 radical (unpaired) electrons. The van der Waals surface area contributed by atoms with E-state index in [1.54, 1.807) is 4.90 Å². The summed E-state index contributed by atoms with van der Waals surface area (Å²) < 4.78 is 37.1. The number of likely N-dealkylation sites (tertiary alicyclic amines) is 1. The number of aryl methyl sites for hydroxylation is 1. The highest BCUT2D eigenvalue weighted by atomic mass is 32.2. The number of benzene rings is 1. The van der Waals surface area contributed by atoms with Crippen molar-refractivity contribution in [3.8, 4) is 0 Å². The van der Waals surface area contributed by atoms with E-state index in [0.717, 1.165) is 31.4 Å². The number of primary sulfonamides is 1. The number of fused-ring (bicyclic) bond motifs is 2. The summed E-state index contributed by atoms with van der Waals surface area (Å²) in [5.41, 5.74) is -0.00772. The minimum atomic E-state index is -3.98. The van der Waals surface area contributed by atoms with Gasteiger partial charge in [0.25, 0.3) is 5.91 Å². The van der Waals surface area contributed by atoms with E-state index in [0.29, 0.717) is 12.5 Å². The van der Waals surface area contributed by atoms with Gasteiger partial charge in [-0.15, -0.1) is 0 Å². The van der Waals surface area contributed by atoms with E-state index in [1.165, 1.54) is 6.92 Å². The Kier molecular flexibility index (Phi) is 3.29. The summed E-state index contributed by atoms with van der Waals surface area (Å²) in [4.78, 5) is 14.0. The standard InChI is InChI=1S/C14H17FN2O3S/c1-8-4-12(15)11(6-13(8)21(16,19)20)14(18)17-7-9-2-3-10(17)5-9/h4,6,9-10H,2-3,5,7H2,1H3,(H2,16,19,20). The third-order valence-corrected chi connectivity index (χ3v) is 5.52. The van der Waals surface area contributed by atoms with Crippen LogP contribution in [0.4, 0.5) is 4.39 Å². The van der Waals surface area contributed by atoms with Crippen molar-refractivity contribution in [1.82, 2.24) is 4.90 Å². The molecule has 1 saturated heterocycles. The SMILES string of the molecule is Cc1cc(F)c(C(=O)N2CC3CCC2C3)cc1S(N)(=O)=O. The summed E-state index contributed by atoms with van der Waals surface area (Å²) in [6.45, 7) is 2.08. The molecule has 1 heterocycles. The van der Waals surface area contributed by atoms with Crippen molar-refractivity contribution in [3.63, 3.8) is 0 Å². The van der Waals surface area contributed by atoms with Crippen LogP contribution in [0.2, 0.25) is 0 Å².